The molecule has 0 aliphatic heterocycles. The maximum absolute atomic E-state index is 14.3. The molecule has 0 fully saturated rings. The molecule has 1 aromatic heterocycles. The summed E-state index contributed by atoms with van der Waals surface area (Å²) in [6.45, 7) is 0. The zero-order valence-corrected chi connectivity index (χ0v) is 15.8. The van der Waals surface area contributed by atoms with Gasteiger partial charge < -0.3 is 10.6 Å². The second kappa shape index (κ2) is 7.98. The number of halogens is 2. The lowest BCUT2D eigenvalue weighted by Crippen LogP contribution is -2.43. The van der Waals surface area contributed by atoms with Crippen LogP contribution in [0.25, 0.3) is 0 Å². The first-order chi connectivity index (χ1) is 14.5. The van der Waals surface area contributed by atoms with E-state index in [1.807, 2.05) is 0 Å². The second-order valence-electron chi connectivity index (χ2n) is 7.07. The molecule has 152 valence electrons. The topological polar surface area (TPSA) is 89.2 Å². The Kier molecular flexibility index (Phi) is 5.22. The van der Waals surface area contributed by atoms with Crippen molar-refractivity contribution in [3.63, 3.8) is 0 Å². The summed E-state index contributed by atoms with van der Waals surface area (Å²) >= 11 is 0. The van der Waals surface area contributed by atoms with Crippen LogP contribution in [-0.4, -0.2) is 26.7 Å². The fraction of sp³-hybridized carbons (Fsp3) is 0.182. The fourth-order valence-corrected chi connectivity index (χ4v) is 4.00. The number of hydrogen-bond acceptors (Lipinski definition) is 4. The van der Waals surface area contributed by atoms with Gasteiger partial charge in [0.05, 0.1) is 11.6 Å². The molecule has 1 aliphatic carbocycles. The van der Waals surface area contributed by atoms with Crippen LogP contribution in [0.2, 0.25) is 0 Å². The summed E-state index contributed by atoms with van der Waals surface area (Å²) < 4.78 is 28.4. The van der Waals surface area contributed by atoms with Gasteiger partial charge in [-0.1, -0.05) is 30.3 Å². The number of carbonyl (C=O) groups excluding carboxylic acids is 2. The van der Waals surface area contributed by atoms with Crippen LogP contribution in [0.5, 0.6) is 0 Å². The standard InChI is InChI=1S/C22H18F2N4O2/c23-15-8-17-16(18(24)9-15)6-7-19(17)28(22(30)14-10-26-12-27-11-14)20(21(25)29)13-4-2-1-3-5-13/h1-5,8-12,19-20H,6-7H2,(H2,25,29)/t19-,20?/m1/s1. The third-order valence-corrected chi connectivity index (χ3v) is 5.26. The summed E-state index contributed by atoms with van der Waals surface area (Å²) in [6.07, 6.45) is 4.56. The quantitative estimate of drug-likeness (QED) is 0.703. The van der Waals surface area contributed by atoms with E-state index in [4.69, 9.17) is 5.73 Å². The van der Waals surface area contributed by atoms with Gasteiger partial charge in [0.15, 0.2) is 0 Å². The predicted molar refractivity (Wildman–Crippen MR) is 104 cm³/mol. The van der Waals surface area contributed by atoms with Gasteiger partial charge in [0.1, 0.15) is 24.0 Å². The molecule has 3 aromatic rings. The Morgan fingerprint density at radius 3 is 2.47 bits per heavy atom. The van der Waals surface area contributed by atoms with Gasteiger partial charge in [0.25, 0.3) is 5.91 Å². The van der Waals surface area contributed by atoms with Gasteiger partial charge in [-0.3, -0.25) is 9.59 Å². The number of benzene rings is 2. The van der Waals surface area contributed by atoms with Crippen LogP contribution >= 0.6 is 0 Å². The van der Waals surface area contributed by atoms with Crippen molar-refractivity contribution >= 4 is 11.8 Å². The van der Waals surface area contributed by atoms with Crippen molar-refractivity contribution in [2.45, 2.75) is 24.9 Å². The molecule has 30 heavy (non-hydrogen) atoms. The third-order valence-electron chi connectivity index (χ3n) is 5.26. The molecule has 2 amide bonds. The first-order valence-electron chi connectivity index (χ1n) is 9.37. The number of nitrogens with two attached hydrogens (primary N) is 1. The molecule has 1 aliphatic rings. The molecule has 0 spiro atoms. The van der Waals surface area contributed by atoms with Crippen LogP contribution in [0.15, 0.2) is 61.2 Å². The molecular weight excluding hydrogens is 390 g/mol. The number of aromatic nitrogens is 2. The van der Waals surface area contributed by atoms with Gasteiger partial charge in [-0.15, -0.1) is 0 Å². The largest absolute Gasteiger partial charge is 0.368 e. The zero-order chi connectivity index (χ0) is 21.3. The Morgan fingerprint density at radius 1 is 1.10 bits per heavy atom. The van der Waals surface area contributed by atoms with E-state index in [2.05, 4.69) is 9.97 Å². The Hall–Kier alpha value is -3.68. The van der Waals surface area contributed by atoms with Crippen LogP contribution < -0.4 is 5.73 Å². The normalized spacial score (nSPS) is 16.0. The Morgan fingerprint density at radius 2 is 1.80 bits per heavy atom. The zero-order valence-electron chi connectivity index (χ0n) is 15.8. The maximum atomic E-state index is 14.3. The molecule has 8 heteroatoms. The molecule has 1 unspecified atom stereocenters. The van der Waals surface area contributed by atoms with Crippen molar-refractivity contribution in [1.82, 2.24) is 14.9 Å². The van der Waals surface area contributed by atoms with Crippen LogP contribution in [-0.2, 0) is 11.2 Å². The summed E-state index contributed by atoms with van der Waals surface area (Å²) in [4.78, 5) is 35.0. The number of carbonyl (C=O) groups is 2. The molecule has 0 saturated carbocycles. The van der Waals surface area contributed by atoms with E-state index in [-0.39, 0.29) is 5.56 Å². The minimum Gasteiger partial charge on any atom is -0.368 e. The Labute approximate surface area is 171 Å². The SMILES string of the molecule is NC(=O)C(c1ccccc1)N(C(=O)c1cncnc1)[C@@H]1CCc2c(F)cc(F)cc21. The summed E-state index contributed by atoms with van der Waals surface area (Å²) in [5.74, 6) is -2.72. The molecule has 4 rings (SSSR count). The van der Waals surface area contributed by atoms with Crippen molar-refractivity contribution in [2.75, 3.05) is 0 Å². The van der Waals surface area contributed by atoms with Crippen LogP contribution in [0.1, 0.15) is 45.6 Å². The molecule has 1 heterocycles. The van der Waals surface area contributed by atoms with E-state index in [1.54, 1.807) is 30.3 Å². The fourth-order valence-electron chi connectivity index (χ4n) is 4.00. The monoisotopic (exact) mass is 408 g/mol. The minimum absolute atomic E-state index is 0.144. The molecule has 0 bridgehead atoms. The average Bonchev–Trinajstić information content (AvgIpc) is 3.16. The molecule has 2 N–H and O–H groups in total. The average molecular weight is 408 g/mol. The minimum atomic E-state index is -1.14. The van der Waals surface area contributed by atoms with Crippen molar-refractivity contribution in [1.29, 1.82) is 0 Å². The third kappa shape index (κ3) is 3.52. The highest BCUT2D eigenvalue weighted by molar-refractivity contribution is 5.97. The maximum Gasteiger partial charge on any atom is 0.258 e. The van der Waals surface area contributed by atoms with Crippen molar-refractivity contribution in [3.8, 4) is 0 Å². The smallest absolute Gasteiger partial charge is 0.258 e. The highest BCUT2D eigenvalue weighted by Crippen LogP contribution is 2.42. The van der Waals surface area contributed by atoms with Gasteiger partial charge in [0, 0.05) is 18.5 Å². The van der Waals surface area contributed by atoms with Gasteiger partial charge >= 0.3 is 0 Å². The van der Waals surface area contributed by atoms with Crippen LogP contribution in [0.3, 0.4) is 0 Å². The summed E-state index contributed by atoms with van der Waals surface area (Å²) in [5, 5.41) is 0. The number of hydrogen-bond donors (Lipinski definition) is 1. The first-order valence-corrected chi connectivity index (χ1v) is 9.37. The van der Waals surface area contributed by atoms with Gasteiger partial charge in [-0.05, 0) is 35.6 Å². The number of nitrogens with zero attached hydrogens (tertiary/aromatic N) is 3. The van der Waals surface area contributed by atoms with Gasteiger partial charge in [-0.2, -0.15) is 0 Å². The van der Waals surface area contributed by atoms with Crippen molar-refractivity contribution in [2.24, 2.45) is 5.73 Å². The van der Waals surface area contributed by atoms with Crippen LogP contribution in [0, 0.1) is 11.6 Å². The second-order valence-corrected chi connectivity index (χ2v) is 7.07. The van der Waals surface area contributed by atoms with E-state index in [0.29, 0.717) is 29.5 Å². The molecule has 2 atom stereocenters. The molecular formula is C22H18F2N4O2. The predicted octanol–water partition coefficient (Wildman–Crippen LogP) is 3.11. The highest BCUT2D eigenvalue weighted by Gasteiger charge is 2.40. The molecule has 0 saturated heterocycles. The van der Waals surface area contributed by atoms with Crippen molar-refractivity contribution < 1.29 is 18.4 Å². The Balaban J connectivity index is 1.88. The van der Waals surface area contributed by atoms with Gasteiger partial charge in [-0.25, -0.2) is 18.7 Å². The molecule has 0 radical (unpaired) electrons. The Bertz CT molecular complexity index is 1090. The summed E-state index contributed by atoms with van der Waals surface area (Å²) in [7, 11) is 0. The summed E-state index contributed by atoms with van der Waals surface area (Å²) in [5.41, 5.74) is 7.03. The lowest BCUT2D eigenvalue weighted by molar-refractivity contribution is -0.123. The highest BCUT2D eigenvalue weighted by atomic mass is 19.1. The summed E-state index contributed by atoms with van der Waals surface area (Å²) in [6, 6.07) is 8.73. The number of fused-ring (bicyclic) bond motifs is 1. The lowest BCUT2D eigenvalue weighted by Gasteiger charge is -2.35. The van der Waals surface area contributed by atoms with E-state index < -0.39 is 35.5 Å². The van der Waals surface area contributed by atoms with Crippen LogP contribution in [0.4, 0.5) is 8.78 Å². The molecule has 6 nitrogen and oxygen atoms in total. The van der Waals surface area contributed by atoms with E-state index in [1.165, 1.54) is 29.7 Å². The van der Waals surface area contributed by atoms with Gasteiger partial charge in [0.2, 0.25) is 5.91 Å². The van der Waals surface area contributed by atoms with E-state index in [0.717, 1.165) is 6.07 Å². The number of primary amides is 1. The number of rotatable bonds is 5. The first kappa shape index (κ1) is 19.6. The molecule has 2 aromatic carbocycles. The van der Waals surface area contributed by atoms with Crippen molar-refractivity contribution in [3.05, 3.63) is 95.1 Å². The van der Waals surface area contributed by atoms with E-state index >= 15 is 0 Å². The van der Waals surface area contributed by atoms with E-state index in [9.17, 15) is 18.4 Å². The lowest BCUT2D eigenvalue weighted by atomic mass is 9.98. The number of amides is 2.